The minimum atomic E-state index is -0.222. The standard InChI is InChI=1S/C22H27FN4O/c23-18-6-8-21(9-7-18)26-14-16-27(17-15-26)22(28)24-19-10-12-25(13-11-19)20-4-2-1-3-5-20/h1-9,19H,10-17H2,(H,24,28). The maximum absolute atomic E-state index is 13.1. The van der Waals surface area contributed by atoms with E-state index in [1.54, 1.807) is 12.1 Å². The van der Waals surface area contributed by atoms with Crippen LogP contribution in [0.15, 0.2) is 54.6 Å². The van der Waals surface area contributed by atoms with Crippen molar-refractivity contribution in [2.75, 3.05) is 49.1 Å². The van der Waals surface area contributed by atoms with Crippen LogP contribution in [0.3, 0.4) is 0 Å². The molecule has 6 heteroatoms. The number of benzene rings is 2. The summed E-state index contributed by atoms with van der Waals surface area (Å²) in [7, 11) is 0. The second kappa shape index (κ2) is 8.50. The summed E-state index contributed by atoms with van der Waals surface area (Å²) in [5.41, 5.74) is 2.26. The molecule has 4 rings (SSSR count). The van der Waals surface area contributed by atoms with E-state index in [2.05, 4.69) is 39.4 Å². The zero-order chi connectivity index (χ0) is 19.3. The number of nitrogens with one attached hydrogen (secondary N) is 1. The van der Waals surface area contributed by atoms with Gasteiger partial charge in [-0.2, -0.15) is 0 Å². The predicted octanol–water partition coefficient (Wildman–Crippen LogP) is 3.33. The first kappa shape index (κ1) is 18.6. The molecule has 1 N–H and O–H groups in total. The third-order valence-electron chi connectivity index (χ3n) is 5.70. The Morgan fingerprint density at radius 1 is 0.786 bits per heavy atom. The number of halogens is 1. The van der Waals surface area contributed by atoms with Gasteiger partial charge in [0.15, 0.2) is 0 Å². The molecule has 2 fully saturated rings. The molecule has 2 aromatic carbocycles. The summed E-state index contributed by atoms with van der Waals surface area (Å²) >= 11 is 0. The fraction of sp³-hybridized carbons (Fsp3) is 0.409. The van der Waals surface area contributed by atoms with E-state index < -0.39 is 0 Å². The number of rotatable bonds is 3. The number of nitrogens with zero attached hydrogens (tertiary/aromatic N) is 3. The van der Waals surface area contributed by atoms with Crippen LogP contribution in [0.2, 0.25) is 0 Å². The molecule has 0 saturated carbocycles. The first-order valence-electron chi connectivity index (χ1n) is 10.0. The molecule has 0 spiro atoms. The van der Waals surface area contributed by atoms with E-state index in [1.807, 2.05) is 11.0 Å². The monoisotopic (exact) mass is 382 g/mol. The van der Waals surface area contributed by atoms with Gasteiger partial charge in [0.1, 0.15) is 5.82 Å². The fourth-order valence-corrected chi connectivity index (χ4v) is 4.01. The summed E-state index contributed by atoms with van der Waals surface area (Å²) in [5, 5.41) is 3.21. The summed E-state index contributed by atoms with van der Waals surface area (Å²) < 4.78 is 13.1. The van der Waals surface area contributed by atoms with Crippen molar-refractivity contribution >= 4 is 17.4 Å². The number of carbonyl (C=O) groups is 1. The Kier molecular flexibility index (Phi) is 5.65. The molecule has 2 aliphatic rings. The van der Waals surface area contributed by atoms with Crippen molar-refractivity contribution in [3.63, 3.8) is 0 Å². The number of piperazine rings is 1. The highest BCUT2D eigenvalue weighted by molar-refractivity contribution is 5.75. The van der Waals surface area contributed by atoms with E-state index in [-0.39, 0.29) is 17.9 Å². The van der Waals surface area contributed by atoms with E-state index in [1.165, 1.54) is 17.8 Å². The SMILES string of the molecule is O=C(NC1CCN(c2ccccc2)CC1)N1CCN(c2ccc(F)cc2)CC1. The number of piperidine rings is 1. The zero-order valence-corrected chi connectivity index (χ0v) is 16.1. The summed E-state index contributed by atoms with van der Waals surface area (Å²) in [6.45, 7) is 4.84. The van der Waals surface area contributed by atoms with Crippen molar-refractivity contribution in [1.82, 2.24) is 10.2 Å². The normalized spacial score (nSPS) is 18.2. The van der Waals surface area contributed by atoms with Crippen molar-refractivity contribution in [3.05, 3.63) is 60.4 Å². The molecule has 2 amide bonds. The molecular weight excluding hydrogens is 355 g/mol. The fourth-order valence-electron chi connectivity index (χ4n) is 4.01. The molecule has 0 aliphatic carbocycles. The minimum absolute atomic E-state index is 0.0388. The highest BCUT2D eigenvalue weighted by atomic mass is 19.1. The van der Waals surface area contributed by atoms with Gasteiger partial charge in [-0.25, -0.2) is 9.18 Å². The molecule has 148 valence electrons. The van der Waals surface area contributed by atoms with Crippen molar-refractivity contribution < 1.29 is 9.18 Å². The summed E-state index contributed by atoms with van der Waals surface area (Å²) in [5.74, 6) is -0.222. The summed E-state index contributed by atoms with van der Waals surface area (Å²) in [6.07, 6.45) is 1.94. The number of anilines is 2. The molecule has 0 unspecified atom stereocenters. The lowest BCUT2D eigenvalue weighted by Crippen LogP contribution is -2.55. The van der Waals surface area contributed by atoms with Crippen LogP contribution >= 0.6 is 0 Å². The van der Waals surface area contributed by atoms with Crippen LogP contribution < -0.4 is 15.1 Å². The van der Waals surface area contributed by atoms with E-state index in [0.717, 1.165) is 44.7 Å². The quantitative estimate of drug-likeness (QED) is 0.885. The second-order valence-electron chi connectivity index (χ2n) is 7.50. The van der Waals surface area contributed by atoms with Gasteiger partial charge < -0.3 is 20.0 Å². The number of para-hydroxylation sites is 1. The number of carbonyl (C=O) groups excluding carboxylic acids is 1. The smallest absolute Gasteiger partial charge is 0.317 e. The molecule has 0 atom stereocenters. The van der Waals surface area contributed by atoms with Crippen LogP contribution in [0.1, 0.15) is 12.8 Å². The zero-order valence-electron chi connectivity index (χ0n) is 16.1. The molecule has 28 heavy (non-hydrogen) atoms. The van der Waals surface area contributed by atoms with Crippen LogP contribution in [0, 0.1) is 5.82 Å². The molecule has 2 aromatic rings. The lowest BCUT2D eigenvalue weighted by molar-refractivity contribution is 0.188. The Balaban J connectivity index is 1.22. The van der Waals surface area contributed by atoms with Gasteiger partial charge in [0, 0.05) is 56.7 Å². The summed E-state index contributed by atoms with van der Waals surface area (Å²) in [6, 6.07) is 17.3. The number of urea groups is 1. The van der Waals surface area contributed by atoms with Gasteiger partial charge in [0.25, 0.3) is 0 Å². The van der Waals surface area contributed by atoms with E-state index in [4.69, 9.17) is 0 Å². The third kappa shape index (κ3) is 4.38. The highest BCUT2D eigenvalue weighted by Crippen LogP contribution is 2.20. The molecule has 2 aliphatic heterocycles. The van der Waals surface area contributed by atoms with Crippen LogP contribution in [0.4, 0.5) is 20.6 Å². The maximum Gasteiger partial charge on any atom is 0.317 e. The largest absolute Gasteiger partial charge is 0.371 e. The first-order valence-corrected chi connectivity index (χ1v) is 10.0. The van der Waals surface area contributed by atoms with Crippen molar-refractivity contribution in [3.8, 4) is 0 Å². The van der Waals surface area contributed by atoms with E-state index in [9.17, 15) is 9.18 Å². The van der Waals surface area contributed by atoms with Crippen molar-refractivity contribution in [2.24, 2.45) is 0 Å². The second-order valence-corrected chi connectivity index (χ2v) is 7.50. The van der Waals surface area contributed by atoms with Crippen LogP contribution in [-0.2, 0) is 0 Å². The lowest BCUT2D eigenvalue weighted by Gasteiger charge is -2.38. The Hall–Kier alpha value is -2.76. The maximum atomic E-state index is 13.1. The molecule has 0 bridgehead atoms. The van der Waals surface area contributed by atoms with Gasteiger partial charge in [0.05, 0.1) is 0 Å². The summed E-state index contributed by atoms with van der Waals surface area (Å²) in [4.78, 5) is 19.1. The van der Waals surface area contributed by atoms with Gasteiger partial charge >= 0.3 is 6.03 Å². The Labute approximate surface area is 165 Å². The van der Waals surface area contributed by atoms with Gasteiger partial charge in [-0.05, 0) is 49.2 Å². The van der Waals surface area contributed by atoms with E-state index in [0.29, 0.717) is 13.1 Å². The number of hydrogen-bond acceptors (Lipinski definition) is 3. The molecule has 0 aromatic heterocycles. The molecule has 2 heterocycles. The topological polar surface area (TPSA) is 38.8 Å². The third-order valence-corrected chi connectivity index (χ3v) is 5.70. The average Bonchev–Trinajstić information content (AvgIpc) is 2.75. The van der Waals surface area contributed by atoms with Crippen LogP contribution in [0.5, 0.6) is 0 Å². The first-order chi connectivity index (χ1) is 13.7. The average molecular weight is 382 g/mol. The van der Waals surface area contributed by atoms with Gasteiger partial charge in [-0.15, -0.1) is 0 Å². The molecule has 0 radical (unpaired) electrons. The highest BCUT2D eigenvalue weighted by Gasteiger charge is 2.25. The Morgan fingerprint density at radius 3 is 2.00 bits per heavy atom. The molecule has 2 saturated heterocycles. The van der Waals surface area contributed by atoms with E-state index >= 15 is 0 Å². The van der Waals surface area contributed by atoms with Gasteiger partial charge in [-0.1, -0.05) is 18.2 Å². The molecule has 5 nitrogen and oxygen atoms in total. The minimum Gasteiger partial charge on any atom is -0.371 e. The lowest BCUT2D eigenvalue weighted by atomic mass is 10.0. The van der Waals surface area contributed by atoms with Gasteiger partial charge in [-0.3, -0.25) is 0 Å². The Bertz CT molecular complexity index is 767. The van der Waals surface area contributed by atoms with Crippen molar-refractivity contribution in [1.29, 1.82) is 0 Å². The predicted molar refractivity (Wildman–Crippen MR) is 110 cm³/mol. The molecular formula is C22H27FN4O. The number of amides is 2. The Morgan fingerprint density at radius 2 is 1.36 bits per heavy atom. The number of hydrogen-bond donors (Lipinski definition) is 1. The van der Waals surface area contributed by atoms with Gasteiger partial charge in [0.2, 0.25) is 0 Å². The van der Waals surface area contributed by atoms with Crippen LogP contribution in [0.25, 0.3) is 0 Å². The van der Waals surface area contributed by atoms with Crippen LogP contribution in [-0.4, -0.2) is 56.2 Å². The van der Waals surface area contributed by atoms with Crippen molar-refractivity contribution in [2.45, 2.75) is 18.9 Å².